The van der Waals surface area contributed by atoms with E-state index >= 15 is 0 Å². The van der Waals surface area contributed by atoms with Crippen LogP contribution in [0.1, 0.15) is 47.2 Å². The number of carboxylic acids is 1. The molecule has 2 heterocycles. The first-order valence-corrected chi connectivity index (χ1v) is 6.39. The molecule has 1 unspecified atom stereocenters. The van der Waals surface area contributed by atoms with Crippen LogP contribution in [0, 0.1) is 5.92 Å². The third-order valence-corrected chi connectivity index (χ3v) is 3.66. The number of aldehydes is 1. The Morgan fingerprint density at radius 2 is 2.09 bits per heavy atom. The highest BCUT2D eigenvalue weighted by Crippen LogP contribution is 2.27. The van der Waals surface area contributed by atoms with Crippen LogP contribution in [-0.4, -0.2) is 39.6 Å². The van der Waals surface area contributed by atoms with E-state index in [4.69, 9.17) is 0 Å². The highest BCUT2D eigenvalue weighted by atomic mass is 16.4. The van der Waals surface area contributed by atoms with Gasteiger partial charge < -0.3 is 16.6 Å². The van der Waals surface area contributed by atoms with Crippen LogP contribution in [0.3, 0.4) is 0 Å². The molecule has 0 aromatic carbocycles. The maximum Gasteiger partial charge on any atom is 0.338 e. The van der Waals surface area contributed by atoms with Crippen LogP contribution >= 0.6 is 0 Å². The third-order valence-electron chi connectivity index (χ3n) is 3.66. The zero-order chi connectivity index (χ0) is 15.8. The number of aromatic nitrogens is 1. The summed E-state index contributed by atoms with van der Waals surface area (Å²) in [5.41, 5.74) is -0.944. The van der Waals surface area contributed by atoms with Crippen LogP contribution in [0.2, 0.25) is 0 Å². The van der Waals surface area contributed by atoms with Crippen LogP contribution in [0.25, 0.3) is 0 Å². The van der Waals surface area contributed by atoms with Crippen molar-refractivity contribution in [3.8, 4) is 0 Å². The number of carbonyl (C=O) groups excluding carboxylic acids is 2. The van der Waals surface area contributed by atoms with Gasteiger partial charge in [-0.25, -0.2) is 9.79 Å². The number of amidine groups is 1. The molecule has 0 saturated heterocycles. The van der Waals surface area contributed by atoms with Gasteiger partial charge >= 0.3 is 5.97 Å². The van der Waals surface area contributed by atoms with Gasteiger partial charge in [0.15, 0.2) is 12.1 Å². The van der Waals surface area contributed by atoms with Crippen LogP contribution in [0.15, 0.2) is 17.3 Å². The number of carboxylic acid groups (broad SMARTS) is 1. The van der Waals surface area contributed by atoms with Crippen molar-refractivity contribution in [1.29, 1.82) is 0 Å². The molecule has 8 nitrogen and oxygen atoms in total. The van der Waals surface area contributed by atoms with Crippen molar-refractivity contribution in [2.24, 2.45) is 10.9 Å². The van der Waals surface area contributed by atoms with Gasteiger partial charge in [0.05, 0.1) is 5.56 Å². The number of nitrogens with zero attached hydrogens (tertiary/aromatic N) is 2. The molecule has 1 aliphatic heterocycles. The Bertz CT molecular complexity index is 669. The Kier molecular flexibility index (Phi) is 4.77. The maximum absolute atomic E-state index is 12.1. The molecule has 1 amide bonds. The Hall–Kier alpha value is -2.61. The quantitative estimate of drug-likeness (QED) is 0.709. The molecule has 1 aliphatic rings. The Labute approximate surface area is 127 Å². The molecule has 2 rings (SSSR count). The van der Waals surface area contributed by atoms with Crippen molar-refractivity contribution >= 4 is 24.0 Å². The fourth-order valence-corrected chi connectivity index (χ4v) is 1.95. The summed E-state index contributed by atoms with van der Waals surface area (Å²) in [5.74, 6) is -1.48. The van der Waals surface area contributed by atoms with Crippen LogP contribution in [0.5, 0.6) is 0 Å². The normalized spacial score (nSPS) is 20.2. The number of aliphatic imine (C=N–C) groups is 1. The summed E-state index contributed by atoms with van der Waals surface area (Å²) in [7, 11) is 0. The Balaban J connectivity index is 0.00000242. The van der Waals surface area contributed by atoms with E-state index in [1.54, 1.807) is 6.92 Å². The van der Waals surface area contributed by atoms with E-state index in [-0.39, 0.29) is 40.6 Å². The maximum atomic E-state index is 12.1. The zero-order valence-corrected chi connectivity index (χ0v) is 12.6. The van der Waals surface area contributed by atoms with E-state index in [1.807, 2.05) is 13.8 Å². The van der Waals surface area contributed by atoms with Crippen molar-refractivity contribution in [2.45, 2.75) is 26.3 Å². The first-order valence-electron chi connectivity index (χ1n) is 6.39. The Morgan fingerprint density at radius 3 is 2.55 bits per heavy atom. The number of aromatic carboxylic acids is 1. The molecule has 8 heteroatoms. The molecule has 0 aliphatic carbocycles. The number of pyridine rings is 1. The minimum absolute atomic E-state index is 0. The number of nitrogens with one attached hydrogen (secondary N) is 1. The fourth-order valence-electron chi connectivity index (χ4n) is 1.95. The summed E-state index contributed by atoms with van der Waals surface area (Å²) in [4.78, 5) is 42.4. The lowest BCUT2D eigenvalue weighted by Crippen LogP contribution is -2.41. The molecule has 118 valence electrons. The molecule has 0 saturated carbocycles. The smallest absolute Gasteiger partial charge is 0.338 e. The van der Waals surface area contributed by atoms with E-state index < -0.39 is 11.5 Å². The number of rotatable bonds is 4. The molecule has 5 N–H and O–H groups in total. The van der Waals surface area contributed by atoms with Crippen molar-refractivity contribution in [1.82, 2.24) is 16.5 Å². The topological polar surface area (TPSA) is 144 Å². The number of carbonyl (C=O) groups is 3. The average molecular weight is 306 g/mol. The lowest BCUT2D eigenvalue weighted by atomic mass is 9.89. The lowest BCUT2D eigenvalue weighted by Gasteiger charge is -2.21. The van der Waals surface area contributed by atoms with E-state index in [1.165, 1.54) is 12.3 Å². The summed E-state index contributed by atoms with van der Waals surface area (Å²) >= 11 is 0. The lowest BCUT2D eigenvalue weighted by molar-refractivity contribution is -0.124. The predicted molar refractivity (Wildman–Crippen MR) is 79.5 cm³/mol. The monoisotopic (exact) mass is 306 g/mol. The molecule has 1 atom stereocenters. The van der Waals surface area contributed by atoms with Gasteiger partial charge in [-0.15, -0.1) is 0 Å². The standard InChI is InChI=1S/C14H15N3O4.H3N/c1-7(2)14(3)13(21)16-11(17-14)10-9(12(19)20)4-8(6-18)5-15-10;/h4-7H,1-3H3,(H,19,20)(H,16,17,21);1H3. The van der Waals surface area contributed by atoms with Gasteiger partial charge in [-0.1, -0.05) is 13.8 Å². The van der Waals surface area contributed by atoms with Crippen LogP contribution < -0.4 is 11.5 Å². The Morgan fingerprint density at radius 1 is 1.45 bits per heavy atom. The van der Waals surface area contributed by atoms with Gasteiger partial charge in [0.2, 0.25) is 0 Å². The van der Waals surface area contributed by atoms with Crippen molar-refractivity contribution in [3.63, 3.8) is 0 Å². The summed E-state index contributed by atoms with van der Waals surface area (Å²) < 4.78 is 0. The molecule has 0 bridgehead atoms. The number of hydrogen-bond donors (Lipinski definition) is 3. The molecule has 1 aromatic rings. The molecule has 1 aromatic heterocycles. The summed E-state index contributed by atoms with van der Waals surface area (Å²) in [5, 5.41) is 11.8. The van der Waals surface area contributed by atoms with Crippen LogP contribution in [0.4, 0.5) is 0 Å². The van der Waals surface area contributed by atoms with E-state index in [0.29, 0.717) is 6.29 Å². The third kappa shape index (κ3) is 2.73. The van der Waals surface area contributed by atoms with Gasteiger partial charge in [-0.3, -0.25) is 14.6 Å². The summed E-state index contributed by atoms with van der Waals surface area (Å²) in [6.07, 6.45) is 1.75. The average Bonchev–Trinajstić information content (AvgIpc) is 2.75. The highest BCUT2D eigenvalue weighted by Gasteiger charge is 2.43. The van der Waals surface area contributed by atoms with Crippen LogP contribution in [-0.2, 0) is 4.79 Å². The van der Waals surface area contributed by atoms with Gasteiger partial charge in [0, 0.05) is 11.8 Å². The molecular weight excluding hydrogens is 288 g/mol. The summed E-state index contributed by atoms with van der Waals surface area (Å²) in [6.45, 7) is 5.39. The molecule has 0 spiro atoms. The van der Waals surface area contributed by atoms with Crippen molar-refractivity contribution in [3.05, 3.63) is 29.1 Å². The fraction of sp³-hybridized carbons (Fsp3) is 0.357. The SMILES string of the molecule is CC(C)C1(C)N=C(c2ncc(C=O)cc2C(=O)O)NC1=O.N. The van der Waals surface area contributed by atoms with E-state index in [0.717, 1.165) is 0 Å². The largest absolute Gasteiger partial charge is 0.478 e. The van der Waals surface area contributed by atoms with Crippen molar-refractivity contribution in [2.75, 3.05) is 0 Å². The molecule has 0 radical (unpaired) electrons. The second kappa shape index (κ2) is 6.02. The molecule has 22 heavy (non-hydrogen) atoms. The first-order chi connectivity index (χ1) is 9.79. The number of hydrogen-bond acceptors (Lipinski definition) is 6. The van der Waals surface area contributed by atoms with Gasteiger partial charge in [0.25, 0.3) is 5.91 Å². The first kappa shape index (κ1) is 17.4. The van der Waals surface area contributed by atoms with Crippen molar-refractivity contribution < 1.29 is 19.5 Å². The van der Waals surface area contributed by atoms with Gasteiger partial charge in [-0.2, -0.15) is 0 Å². The van der Waals surface area contributed by atoms with Gasteiger partial charge in [-0.05, 0) is 18.9 Å². The molecule has 0 fully saturated rings. The van der Waals surface area contributed by atoms with Gasteiger partial charge in [0.1, 0.15) is 11.2 Å². The minimum atomic E-state index is -1.24. The minimum Gasteiger partial charge on any atom is -0.478 e. The second-order valence-electron chi connectivity index (χ2n) is 5.30. The highest BCUT2D eigenvalue weighted by molar-refractivity contribution is 6.17. The van der Waals surface area contributed by atoms with E-state index in [2.05, 4.69) is 15.3 Å². The molecular formula is C14H18N4O4. The second-order valence-corrected chi connectivity index (χ2v) is 5.30. The number of amides is 1. The van der Waals surface area contributed by atoms with E-state index in [9.17, 15) is 19.5 Å². The summed E-state index contributed by atoms with van der Waals surface area (Å²) in [6, 6.07) is 1.21. The predicted octanol–water partition coefficient (Wildman–Crippen LogP) is 1.05. The zero-order valence-electron chi connectivity index (χ0n) is 12.6.